The van der Waals surface area contributed by atoms with Gasteiger partial charge in [-0.3, -0.25) is 9.78 Å². The molecule has 2 aromatic rings. The van der Waals surface area contributed by atoms with E-state index >= 15 is 0 Å². The van der Waals surface area contributed by atoms with Crippen molar-refractivity contribution in [2.75, 3.05) is 6.61 Å². The Kier molecular flexibility index (Phi) is 5.88. The minimum Gasteiger partial charge on any atom is -0.492 e. The van der Waals surface area contributed by atoms with Crippen LogP contribution in [0.1, 0.15) is 12.5 Å². The number of hydrogen-bond donors (Lipinski definition) is 2. The van der Waals surface area contributed by atoms with Crippen LogP contribution in [0.2, 0.25) is 0 Å². The molecule has 24 heavy (non-hydrogen) atoms. The van der Waals surface area contributed by atoms with E-state index in [2.05, 4.69) is 9.71 Å². The topological polar surface area (TPSA) is 106 Å². The summed E-state index contributed by atoms with van der Waals surface area (Å²) in [6.45, 7) is 2.00. The van der Waals surface area contributed by atoms with Crippen LogP contribution in [0.5, 0.6) is 5.75 Å². The number of carbonyl (C=O) groups is 1. The first-order valence-electron chi connectivity index (χ1n) is 7.30. The average Bonchev–Trinajstić information content (AvgIpc) is 2.55. The molecule has 0 unspecified atom stereocenters. The molecule has 2 N–H and O–H groups in total. The summed E-state index contributed by atoms with van der Waals surface area (Å²) in [6.07, 6.45) is 2.57. The predicted molar refractivity (Wildman–Crippen MR) is 87.3 cm³/mol. The van der Waals surface area contributed by atoms with Gasteiger partial charge in [0.05, 0.1) is 12.8 Å². The van der Waals surface area contributed by atoms with Gasteiger partial charge in [0.25, 0.3) is 0 Å². The third kappa shape index (κ3) is 4.53. The molecule has 0 saturated carbocycles. The molecular weight excluding hydrogens is 332 g/mol. The summed E-state index contributed by atoms with van der Waals surface area (Å²) in [7, 11) is -4.10. The number of hydrogen-bond acceptors (Lipinski definition) is 5. The molecule has 0 amide bonds. The number of carboxylic acids is 1. The standard InChI is InChI=1S/C16H18N2O5S/c1-2-23-14-8-9-17-11-15(14)24(21,22)18-13(16(19)20)10-12-6-4-3-5-7-12/h3-9,11,13,18H,2,10H2,1H3,(H,19,20)/t13-/m0/s1. The zero-order chi connectivity index (χ0) is 17.6. The van der Waals surface area contributed by atoms with Crippen LogP contribution in [-0.4, -0.2) is 37.1 Å². The SMILES string of the molecule is CCOc1ccncc1S(=O)(=O)N[C@@H](Cc1ccccc1)C(=O)O. The Labute approximate surface area is 140 Å². The molecule has 0 aliphatic heterocycles. The first-order chi connectivity index (χ1) is 11.4. The third-order valence-electron chi connectivity index (χ3n) is 3.21. The summed E-state index contributed by atoms with van der Waals surface area (Å²) in [5.41, 5.74) is 0.712. The summed E-state index contributed by atoms with van der Waals surface area (Å²) in [6, 6.07) is 8.92. The van der Waals surface area contributed by atoms with Crippen LogP contribution in [0.15, 0.2) is 53.7 Å². The molecule has 0 aliphatic rings. The highest BCUT2D eigenvalue weighted by molar-refractivity contribution is 7.89. The molecule has 0 radical (unpaired) electrons. The van der Waals surface area contributed by atoms with Gasteiger partial charge in [-0.05, 0) is 25.0 Å². The lowest BCUT2D eigenvalue weighted by atomic mass is 10.1. The minimum absolute atomic E-state index is 0.0274. The van der Waals surface area contributed by atoms with Crippen molar-refractivity contribution < 1.29 is 23.1 Å². The van der Waals surface area contributed by atoms with Gasteiger partial charge in [0, 0.05) is 6.20 Å². The number of ether oxygens (including phenoxy) is 1. The largest absolute Gasteiger partial charge is 0.492 e. The van der Waals surface area contributed by atoms with E-state index < -0.39 is 22.0 Å². The fraction of sp³-hybridized carbons (Fsp3) is 0.250. The molecule has 2 rings (SSSR count). The van der Waals surface area contributed by atoms with Gasteiger partial charge in [-0.25, -0.2) is 8.42 Å². The summed E-state index contributed by atoms with van der Waals surface area (Å²) in [5.74, 6) is -1.13. The van der Waals surface area contributed by atoms with Crippen LogP contribution >= 0.6 is 0 Å². The van der Waals surface area contributed by atoms with E-state index in [-0.39, 0.29) is 23.7 Å². The molecule has 1 aromatic heterocycles. The molecule has 0 bridgehead atoms. The zero-order valence-corrected chi connectivity index (χ0v) is 13.9. The van der Waals surface area contributed by atoms with E-state index in [1.165, 1.54) is 12.3 Å². The summed E-state index contributed by atoms with van der Waals surface area (Å²) in [5, 5.41) is 9.34. The number of nitrogens with zero attached hydrogens (tertiary/aromatic N) is 1. The van der Waals surface area contributed by atoms with Crippen molar-refractivity contribution in [1.82, 2.24) is 9.71 Å². The molecule has 1 aromatic carbocycles. The first-order valence-corrected chi connectivity index (χ1v) is 8.78. The number of pyridine rings is 1. The monoisotopic (exact) mass is 350 g/mol. The van der Waals surface area contributed by atoms with Crippen LogP contribution < -0.4 is 9.46 Å². The lowest BCUT2D eigenvalue weighted by Gasteiger charge is -2.16. The second-order valence-corrected chi connectivity index (χ2v) is 6.64. The highest BCUT2D eigenvalue weighted by Gasteiger charge is 2.28. The third-order valence-corrected chi connectivity index (χ3v) is 4.69. The Morgan fingerprint density at radius 3 is 2.62 bits per heavy atom. The van der Waals surface area contributed by atoms with Crippen LogP contribution in [0.3, 0.4) is 0 Å². The highest BCUT2D eigenvalue weighted by Crippen LogP contribution is 2.22. The van der Waals surface area contributed by atoms with Gasteiger partial charge in [-0.2, -0.15) is 4.72 Å². The van der Waals surface area contributed by atoms with Gasteiger partial charge in [0.15, 0.2) is 0 Å². The fourth-order valence-electron chi connectivity index (χ4n) is 2.12. The predicted octanol–water partition coefficient (Wildman–Crippen LogP) is 1.45. The second kappa shape index (κ2) is 7.89. The molecule has 0 fully saturated rings. The Bertz CT molecular complexity index is 793. The van der Waals surface area contributed by atoms with Crippen LogP contribution in [0.25, 0.3) is 0 Å². The van der Waals surface area contributed by atoms with E-state index in [9.17, 15) is 18.3 Å². The van der Waals surface area contributed by atoms with Crippen molar-refractivity contribution >= 4 is 16.0 Å². The van der Waals surface area contributed by atoms with Gasteiger partial charge in [0.2, 0.25) is 10.0 Å². The van der Waals surface area contributed by atoms with E-state index in [1.807, 2.05) is 0 Å². The number of benzene rings is 1. The summed E-state index contributed by atoms with van der Waals surface area (Å²) < 4.78 is 32.6. The van der Waals surface area contributed by atoms with Crippen molar-refractivity contribution in [2.45, 2.75) is 24.3 Å². The van der Waals surface area contributed by atoms with E-state index in [0.717, 1.165) is 6.20 Å². The van der Waals surface area contributed by atoms with Crippen molar-refractivity contribution in [1.29, 1.82) is 0 Å². The van der Waals surface area contributed by atoms with Crippen LogP contribution in [0.4, 0.5) is 0 Å². The maximum atomic E-state index is 12.5. The maximum Gasteiger partial charge on any atom is 0.322 e. The number of aromatic nitrogens is 1. The zero-order valence-electron chi connectivity index (χ0n) is 13.0. The van der Waals surface area contributed by atoms with Gasteiger partial charge in [-0.1, -0.05) is 30.3 Å². The number of sulfonamides is 1. The lowest BCUT2D eigenvalue weighted by molar-refractivity contribution is -0.138. The van der Waals surface area contributed by atoms with Gasteiger partial charge in [0.1, 0.15) is 16.7 Å². The first kappa shape index (κ1) is 17.9. The van der Waals surface area contributed by atoms with E-state index in [0.29, 0.717) is 5.56 Å². The maximum absolute atomic E-state index is 12.5. The highest BCUT2D eigenvalue weighted by atomic mass is 32.2. The molecule has 0 saturated heterocycles. The molecule has 0 spiro atoms. The molecule has 8 heteroatoms. The number of carboxylic acid groups (broad SMARTS) is 1. The Morgan fingerprint density at radius 2 is 2.00 bits per heavy atom. The molecule has 7 nitrogen and oxygen atoms in total. The normalized spacial score (nSPS) is 12.5. The van der Waals surface area contributed by atoms with E-state index in [1.54, 1.807) is 37.3 Å². The van der Waals surface area contributed by atoms with Crippen molar-refractivity contribution in [3.05, 3.63) is 54.4 Å². The number of nitrogens with one attached hydrogen (secondary N) is 1. The second-order valence-electron chi connectivity index (χ2n) is 4.96. The molecule has 0 aliphatic carbocycles. The van der Waals surface area contributed by atoms with Crippen molar-refractivity contribution in [2.24, 2.45) is 0 Å². The van der Waals surface area contributed by atoms with Crippen LogP contribution in [0, 0.1) is 0 Å². The smallest absolute Gasteiger partial charge is 0.322 e. The van der Waals surface area contributed by atoms with Gasteiger partial charge < -0.3 is 9.84 Å². The quantitative estimate of drug-likeness (QED) is 0.746. The van der Waals surface area contributed by atoms with E-state index in [4.69, 9.17) is 4.74 Å². The Balaban J connectivity index is 2.26. The molecule has 1 heterocycles. The molecule has 1 atom stereocenters. The lowest BCUT2D eigenvalue weighted by Crippen LogP contribution is -2.42. The molecular formula is C16H18N2O5S. The molecule has 128 valence electrons. The number of aliphatic carboxylic acids is 1. The van der Waals surface area contributed by atoms with Gasteiger partial charge in [-0.15, -0.1) is 0 Å². The Morgan fingerprint density at radius 1 is 1.29 bits per heavy atom. The number of rotatable bonds is 8. The average molecular weight is 350 g/mol. The van der Waals surface area contributed by atoms with Crippen molar-refractivity contribution in [3.8, 4) is 5.75 Å². The Hall–Kier alpha value is -2.45. The van der Waals surface area contributed by atoms with Crippen LogP contribution in [-0.2, 0) is 21.2 Å². The fourth-order valence-corrected chi connectivity index (χ4v) is 3.40. The summed E-state index contributed by atoms with van der Waals surface area (Å²) in [4.78, 5) is 15.0. The van der Waals surface area contributed by atoms with Gasteiger partial charge >= 0.3 is 5.97 Å². The summed E-state index contributed by atoms with van der Waals surface area (Å²) >= 11 is 0. The van der Waals surface area contributed by atoms with Crippen molar-refractivity contribution in [3.63, 3.8) is 0 Å². The minimum atomic E-state index is -4.10.